The van der Waals surface area contributed by atoms with Gasteiger partial charge in [-0.1, -0.05) is 24.6 Å². The van der Waals surface area contributed by atoms with E-state index in [1.54, 1.807) is 11.9 Å². The van der Waals surface area contributed by atoms with E-state index in [1.165, 1.54) is 27.7 Å². The number of fused-ring (bicyclic) bond motifs is 3. The Labute approximate surface area is 207 Å². The summed E-state index contributed by atoms with van der Waals surface area (Å²) >= 11 is 5.85. The molecule has 5 rings (SSSR count). The molecule has 2 N–H and O–H groups in total. The van der Waals surface area contributed by atoms with Gasteiger partial charge in [0.15, 0.2) is 5.75 Å². The van der Waals surface area contributed by atoms with Crippen LogP contribution >= 0.6 is 11.6 Å². The molecule has 1 aromatic carbocycles. The van der Waals surface area contributed by atoms with Gasteiger partial charge in [-0.25, -0.2) is 4.39 Å². The first kappa shape index (κ1) is 25.2. The summed E-state index contributed by atoms with van der Waals surface area (Å²) in [4.78, 5) is 42.6. The third-order valence-corrected chi connectivity index (χ3v) is 7.61. The quantitative estimate of drug-likeness (QED) is 0.649. The number of benzene rings is 1. The predicted octanol–water partition coefficient (Wildman–Crippen LogP) is 3.17. The molecule has 0 spiro atoms. The highest BCUT2D eigenvalue weighted by Crippen LogP contribution is 2.44. The van der Waals surface area contributed by atoms with E-state index in [0.717, 1.165) is 20.0 Å². The van der Waals surface area contributed by atoms with Gasteiger partial charge in [0.05, 0.1) is 10.6 Å². The second-order valence-electron chi connectivity index (χ2n) is 9.40. The maximum Gasteiger partial charge on any atom is 0.295 e. The molecule has 3 aliphatic rings. The Morgan fingerprint density at radius 1 is 1.14 bits per heavy atom. The van der Waals surface area contributed by atoms with Crippen LogP contribution in [0.2, 0.25) is 5.02 Å². The number of aliphatic hydroxyl groups excluding tert-OH is 1. The van der Waals surface area contributed by atoms with E-state index in [0.29, 0.717) is 42.3 Å². The minimum absolute atomic E-state index is 0.0449. The highest BCUT2D eigenvalue weighted by molar-refractivity contribution is 6.30. The number of aromatic nitrogens is 1. The number of pyridine rings is 1. The van der Waals surface area contributed by atoms with Crippen LogP contribution in [0.1, 0.15) is 64.3 Å². The molecule has 0 saturated heterocycles. The second-order valence-corrected chi connectivity index (χ2v) is 9.81. The molecule has 35 heavy (non-hydrogen) atoms. The van der Waals surface area contributed by atoms with E-state index in [4.69, 9.17) is 16.7 Å². The van der Waals surface area contributed by atoms with Crippen LogP contribution in [0.4, 0.5) is 4.39 Å². The van der Waals surface area contributed by atoms with Crippen LogP contribution in [0, 0.1) is 17.7 Å². The Bertz CT molecular complexity index is 1250. The van der Waals surface area contributed by atoms with Crippen molar-refractivity contribution in [3.8, 4) is 5.75 Å². The maximum absolute atomic E-state index is 13.5. The lowest BCUT2D eigenvalue weighted by molar-refractivity contribution is 0.0722. The molecule has 8 nitrogen and oxygen atoms in total. The van der Waals surface area contributed by atoms with Crippen molar-refractivity contribution in [2.24, 2.45) is 11.8 Å². The number of aromatic hydroxyl groups is 1. The Hall–Kier alpha value is -2.91. The zero-order valence-electron chi connectivity index (χ0n) is 19.9. The molecule has 2 aromatic rings. The molecule has 2 amide bonds. The molecule has 3 unspecified atom stereocenters. The Kier molecular flexibility index (Phi) is 6.92. The summed E-state index contributed by atoms with van der Waals surface area (Å²) in [6.45, 7) is 2.63. The minimum Gasteiger partial charge on any atom is -0.502 e. The number of hydrogen-bond acceptors (Lipinski definition) is 5. The van der Waals surface area contributed by atoms with Gasteiger partial charge in [0.1, 0.15) is 17.7 Å². The molecule has 1 saturated carbocycles. The Morgan fingerprint density at radius 2 is 1.83 bits per heavy atom. The summed E-state index contributed by atoms with van der Waals surface area (Å²) in [7, 11) is 2.66. The van der Waals surface area contributed by atoms with Crippen molar-refractivity contribution in [2.45, 2.75) is 45.3 Å². The van der Waals surface area contributed by atoms with Crippen molar-refractivity contribution in [2.75, 3.05) is 20.7 Å². The fourth-order valence-corrected chi connectivity index (χ4v) is 5.40. The summed E-state index contributed by atoms with van der Waals surface area (Å²) in [6.07, 6.45) is 2.56. The fraction of sp³-hybridized carbons (Fsp3) is 0.480. The average Bonchev–Trinajstić information content (AvgIpc) is 3.49. The predicted molar refractivity (Wildman–Crippen MR) is 128 cm³/mol. The van der Waals surface area contributed by atoms with Crippen molar-refractivity contribution in [3.05, 3.63) is 61.8 Å². The van der Waals surface area contributed by atoms with E-state index in [1.807, 2.05) is 0 Å². The normalized spacial score (nSPS) is 22.5. The second kappa shape index (κ2) is 9.62. The molecular weight excluding hydrogens is 477 g/mol. The smallest absolute Gasteiger partial charge is 0.295 e. The largest absolute Gasteiger partial charge is 0.502 e. The van der Waals surface area contributed by atoms with Crippen molar-refractivity contribution in [1.82, 2.24) is 14.4 Å². The molecule has 3 atom stereocenters. The van der Waals surface area contributed by atoms with Crippen LogP contribution in [-0.2, 0) is 13.0 Å². The summed E-state index contributed by atoms with van der Waals surface area (Å²) < 4.78 is 14.9. The molecule has 0 bridgehead atoms. The third kappa shape index (κ3) is 4.31. The summed E-state index contributed by atoms with van der Waals surface area (Å²) in [6, 6.07) is 4.21. The molecule has 0 radical (unpaired) electrons. The number of aliphatic hydroxyl groups is 1. The molecule has 10 heteroatoms. The van der Waals surface area contributed by atoms with Crippen molar-refractivity contribution < 1.29 is 24.2 Å². The molecular formula is C25H29ClFN3O5. The first-order valence-electron chi connectivity index (χ1n) is 11.6. The summed E-state index contributed by atoms with van der Waals surface area (Å²) in [5, 5.41) is 17.7. The molecule has 2 aliphatic heterocycles. The van der Waals surface area contributed by atoms with Gasteiger partial charge in [0, 0.05) is 32.8 Å². The summed E-state index contributed by atoms with van der Waals surface area (Å²) in [5.74, 6) is -0.724. The zero-order valence-corrected chi connectivity index (χ0v) is 20.7. The molecule has 1 aliphatic carbocycles. The number of halogens is 2. The van der Waals surface area contributed by atoms with Gasteiger partial charge in [-0.3, -0.25) is 19.0 Å². The molecule has 1 fully saturated rings. The Morgan fingerprint density at radius 3 is 2.46 bits per heavy atom. The maximum atomic E-state index is 13.5. The SMILES string of the molecule is CC1CC1CCC1N(C)C(=O)c2c3c(c(O)c(=O)n21)C(=O)N(Cc1ccc(F)c(Cl)c1)CC3.CO. The zero-order chi connectivity index (χ0) is 25.6. The number of rotatable bonds is 5. The molecule has 1 aromatic heterocycles. The van der Waals surface area contributed by atoms with E-state index in [9.17, 15) is 23.9 Å². The fourth-order valence-electron chi connectivity index (χ4n) is 5.20. The van der Waals surface area contributed by atoms with E-state index in [2.05, 4.69) is 6.92 Å². The van der Waals surface area contributed by atoms with Gasteiger partial charge in [-0.2, -0.15) is 0 Å². The third-order valence-electron chi connectivity index (χ3n) is 7.32. The van der Waals surface area contributed by atoms with Crippen molar-refractivity contribution in [1.29, 1.82) is 0 Å². The first-order valence-corrected chi connectivity index (χ1v) is 12.0. The van der Waals surface area contributed by atoms with Crippen LogP contribution < -0.4 is 5.56 Å². The van der Waals surface area contributed by atoms with Gasteiger partial charge in [-0.05, 0) is 55.2 Å². The standard InChI is InChI=1S/C24H25ClFN3O4.CH4O/c1-12-9-14(12)4-6-18-27(2)23(32)20-15-7-8-28(11-13-3-5-17(26)16(25)10-13)22(31)19(15)21(30)24(33)29(18)20;1-2/h3,5,10,12,14,18,30H,4,6-9,11H2,1-2H3;2H,1H3. The minimum atomic E-state index is -0.713. The van der Waals surface area contributed by atoms with Gasteiger partial charge in [0.2, 0.25) is 0 Å². The lowest BCUT2D eigenvalue weighted by Crippen LogP contribution is -2.40. The van der Waals surface area contributed by atoms with Gasteiger partial charge < -0.3 is 20.0 Å². The lowest BCUT2D eigenvalue weighted by Gasteiger charge is -2.30. The van der Waals surface area contributed by atoms with E-state index in [-0.39, 0.29) is 28.7 Å². The monoisotopic (exact) mass is 505 g/mol. The van der Waals surface area contributed by atoms with E-state index < -0.39 is 29.2 Å². The Balaban J connectivity index is 0.00000141. The number of hydrogen-bond donors (Lipinski definition) is 2. The van der Waals surface area contributed by atoms with Gasteiger partial charge in [0.25, 0.3) is 17.4 Å². The molecule has 3 heterocycles. The average molecular weight is 506 g/mol. The van der Waals surface area contributed by atoms with Crippen LogP contribution in [0.15, 0.2) is 23.0 Å². The first-order chi connectivity index (χ1) is 16.7. The number of amides is 2. The lowest BCUT2D eigenvalue weighted by atomic mass is 9.95. The van der Waals surface area contributed by atoms with Crippen LogP contribution in [-0.4, -0.2) is 57.1 Å². The van der Waals surface area contributed by atoms with Crippen LogP contribution in [0.3, 0.4) is 0 Å². The highest BCUT2D eigenvalue weighted by Gasteiger charge is 2.43. The van der Waals surface area contributed by atoms with Crippen molar-refractivity contribution in [3.63, 3.8) is 0 Å². The number of nitrogens with zero attached hydrogens (tertiary/aromatic N) is 3. The topological polar surface area (TPSA) is 103 Å². The van der Waals surface area contributed by atoms with E-state index >= 15 is 0 Å². The molecule has 188 valence electrons. The number of carbonyl (C=O) groups excluding carboxylic acids is 2. The highest BCUT2D eigenvalue weighted by atomic mass is 35.5. The number of carbonyl (C=O) groups is 2. The summed E-state index contributed by atoms with van der Waals surface area (Å²) in [5.41, 5.74) is 0.437. The van der Waals surface area contributed by atoms with Crippen LogP contribution in [0.5, 0.6) is 5.75 Å². The van der Waals surface area contributed by atoms with Crippen LogP contribution in [0.25, 0.3) is 0 Å². The van der Waals surface area contributed by atoms with Crippen molar-refractivity contribution >= 4 is 23.4 Å². The van der Waals surface area contributed by atoms with Gasteiger partial charge in [-0.15, -0.1) is 0 Å². The van der Waals surface area contributed by atoms with Gasteiger partial charge >= 0.3 is 0 Å².